The first-order valence-electron chi connectivity index (χ1n) is 6.07. The first-order valence-corrected chi connectivity index (χ1v) is 6.07. The fourth-order valence-electron chi connectivity index (χ4n) is 2.18. The third-order valence-electron chi connectivity index (χ3n) is 3.15. The lowest BCUT2D eigenvalue weighted by molar-refractivity contribution is 0.825. The molecule has 0 spiro atoms. The second kappa shape index (κ2) is 4.26. The van der Waals surface area contributed by atoms with E-state index in [2.05, 4.69) is 40.4 Å². The second-order valence-electron chi connectivity index (χ2n) is 4.43. The van der Waals surface area contributed by atoms with Crippen molar-refractivity contribution in [3.05, 3.63) is 42.5 Å². The van der Waals surface area contributed by atoms with Crippen LogP contribution in [0.3, 0.4) is 0 Å². The van der Waals surface area contributed by atoms with Crippen molar-refractivity contribution in [2.45, 2.75) is 6.54 Å². The standard InChI is InChI=1S/C12H10N8/c1-2-11-10(3-9(1)12-16-18-19-17-12)13-7-20(11)6-8-4-14-15-5-8/h1-5,7H,6H2,(H,14,15)(H,16,17,18,19). The molecule has 0 saturated carbocycles. The smallest absolute Gasteiger partial charge is 0.179 e. The molecule has 2 N–H and O–H groups in total. The minimum Gasteiger partial charge on any atom is -0.326 e. The lowest BCUT2D eigenvalue weighted by Crippen LogP contribution is -1.96. The zero-order valence-corrected chi connectivity index (χ0v) is 10.4. The number of aromatic amines is 2. The SMILES string of the molecule is c1n[nH]cc1Cn1cnc2cc(-c3nnn[nH]3)ccc21. The maximum atomic E-state index is 4.42. The molecule has 4 aromatic rings. The molecular weight excluding hydrogens is 256 g/mol. The lowest BCUT2D eigenvalue weighted by Gasteiger charge is -2.02. The van der Waals surface area contributed by atoms with Crippen LogP contribution in [0.5, 0.6) is 0 Å². The minimum absolute atomic E-state index is 0.635. The molecule has 0 bridgehead atoms. The van der Waals surface area contributed by atoms with E-state index in [0.29, 0.717) is 5.82 Å². The van der Waals surface area contributed by atoms with E-state index in [1.165, 1.54) is 0 Å². The second-order valence-corrected chi connectivity index (χ2v) is 4.43. The predicted molar refractivity (Wildman–Crippen MR) is 70.6 cm³/mol. The minimum atomic E-state index is 0.635. The van der Waals surface area contributed by atoms with Gasteiger partial charge in [0.25, 0.3) is 0 Å². The normalized spacial score (nSPS) is 11.2. The van der Waals surface area contributed by atoms with Gasteiger partial charge >= 0.3 is 0 Å². The first kappa shape index (κ1) is 10.9. The Hall–Kier alpha value is -3.03. The molecule has 8 heteroatoms. The summed E-state index contributed by atoms with van der Waals surface area (Å²) in [5.74, 6) is 0.635. The van der Waals surface area contributed by atoms with E-state index in [4.69, 9.17) is 0 Å². The van der Waals surface area contributed by atoms with Crippen LogP contribution in [0.2, 0.25) is 0 Å². The summed E-state index contributed by atoms with van der Waals surface area (Å²) in [4.78, 5) is 4.42. The number of hydrogen-bond acceptors (Lipinski definition) is 5. The summed E-state index contributed by atoms with van der Waals surface area (Å²) in [6.07, 6.45) is 5.50. The number of rotatable bonds is 3. The summed E-state index contributed by atoms with van der Waals surface area (Å²) in [6, 6.07) is 5.95. The van der Waals surface area contributed by atoms with E-state index < -0.39 is 0 Å². The van der Waals surface area contributed by atoms with Crippen LogP contribution in [0.1, 0.15) is 5.56 Å². The molecule has 98 valence electrons. The van der Waals surface area contributed by atoms with Crippen LogP contribution in [0.15, 0.2) is 36.9 Å². The Morgan fingerprint density at radius 2 is 2.25 bits per heavy atom. The van der Waals surface area contributed by atoms with Gasteiger partial charge in [-0.1, -0.05) is 0 Å². The third-order valence-corrected chi connectivity index (χ3v) is 3.15. The van der Waals surface area contributed by atoms with Crippen molar-refractivity contribution in [1.29, 1.82) is 0 Å². The molecule has 20 heavy (non-hydrogen) atoms. The van der Waals surface area contributed by atoms with Gasteiger partial charge in [0.15, 0.2) is 5.82 Å². The molecule has 1 aromatic carbocycles. The lowest BCUT2D eigenvalue weighted by atomic mass is 10.2. The summed E-state index contributed by atoms with van der Waals surface area (Å²) >= 11 is 0. The molecular formula is C12H10N8. The monoisotopic (exact) mass is 266 g/mol. The van der Waals surface area contributed by atoms with Crippen LogP contribution in [-0.2, 0) is 6.54 Å². The zero-order chi connectivity index (χ0) is 13.4. The fraction of sp³-hybridized carbons (Fsp3) is 0.0833. The van der Waals surface area contributed by atoms with Gasteiger partial charge < -0.3 is 4.57 Å². The summed E-state index contributed by atoms with van der Waals surface area (Å²) in [5, 5.41) is 20.5. The Kier molecular flexibility index (Phi) is 2.31. The van der Waals surface area contributed by atoms with Crippen molar-refractivity contribution in [3.8, 4) is 11.4 Å². The van der Waals surface area contributed by atoms with Crippen molar-refractivity contribution in [1.82, 2.24) is 40.4 Å². The highest BCUT2D eigenvalue weighted by Gasteiger charge is 2.07. The highest BCUT2D eigenvalue weighted by molar-refractivity contribution is 5.80. The molecule has 3 heterocycles. The van der Waals surface area contributed by atoms with Crippen LogP contribution in [0.25, 0.3) is 22.4 Å². The average Bonchev–Trinajstić information content (AvgIpc) is 3.20. The molecule has 0 aliphatic heterocycles. The average molecular weight is 266 g/mol. The molecule has 0 saturated heterocycles. The number of aromatic nitrogens is 8. The summed E-state index contributed by atoms with van der Waals surface area (Å²) in [7, 11) is 0. The van der Waals surface area contributed by atoms with Crippen LogP contribution >= 0.6 is 0 Å². The van der Waals surface area contributed by atoms with Gasteiger partial charge in [0.05, 0.1) is 30.1 Å². The Labute approximate surface area is 112 Å². The van der Waals surface area contributed by atoms with Crippen molar-refractivity contribution < 1.29 is 0 Å². The summed E-state index contributed by atoms with van der Waals surface area (Å²) < 4.78 is 2.07. The van der Waals surface area contributed by atoms with Crippen LogP contribution in [-0.4, -0.2) is 40.4 Å². The number of nitrogens with zero attached hydrogens (tertiary/aromatic N) is 6. The number of hydrogen-bond donors (Lipinski definition) is 2. The van der Waals surface area contributed by atoms with Crippen molar-refractivity contribution in [2.75, 3.05) is 0 Å². The topological polar surface area (TPSA) is 101 Å². The Bertz CT molecular complexity index is 828. The predicted octanol–water partition coefficient (Wildman–Crippen LogP) is 0.988. The molecule has 0 fully saturated rings. The highest BCUT2D eigenvalue weighted by atomic mass is 15.5. The first-order chi connectivity index (χ1) is 9.90. The van der Waals surface area contributed by atoms with E-state index in [-0.39, 0.29) is 0 Å². The van der Waals surface area contributed by atoms with Crippen molar-refractivity contribution in [3.63, 3.8) is 0 Å². The maximum Gasteiger partial charge on any atom is 0.179 e. The van der Waals surface area contributed by atoms with Gasteiger partial charge in [-0.3, -0.25) is 5.10 Å². The van der Waals surface area contributed by atoms with E-state index in [1.54, 1.807) is 6.20 Å². The van der Waals surface area contributed by atoms with Gasteiger partial charge in [0, 0.05) is 17.3 Å². The molecule has 0 unspecified atom stereocenters. The van der Waals surface area contributed by atoms with E-state index in [9.17, 15) is 0 Å². The number of fused-ring (bicyclic) bond motifs is 1. The van der Waals surface area contributed by atoms with Gasteiger partial charge in [-0.05, 0) is 28.6 Å². The van der Waals surface area contributed by atoms with Crippen LogP contribution < -0.4 is 0 Å². The Balaban J connectivity index is 1.75. The van der Waals surface area contributed by atoms with Gasteiger partial charge in [0.1, 0.15) is 0 Å². The molecule has 8 nitrogen and oxygen atoms in total. The quantitative estimate of drug-likeness (QED) is 0.575. The molecule has 0 aliphatic rings. The molecule has 0 radical (unpaired) electrons. The maximum absolute atomic E-state index is 4.42. The van der Waals surface area contributed by atoms with Crippen molar-refractivity contribution in [2.24, 2.45) is 0 Å². The number of tetrazole rings is 1. The van der Waals surface area contributed by atoms with Gasteiger partial charge in [-0.15, -0.1) is 5.10 Å². The van der Waals surface area contributed by atoms with E-state index in [1.807, 2.05) is 30.7 Å². The van der Waals surface area contributed by atoms with Gasteiger partial charge in [-0.25, -0.2) is 10.1 Å². The molecule has 0 aliphatic carbocycles. The molecule has 0 atom stereocenters. The number of nitrogens with one attached hydrogen (secondary N) is 2. The molecule has 3 aromatic heterocycles. The van der Waals surface area contributed by atoms with Gasteiger partial charge in [0.2, 0.25) is 0 Å². The zero-order valence-electron chi connectivity index (χ0n) is 10.4. The summed E-state index contributed by atoms with van der Waals surface area (Å²) in [6.45, 7) is 0.732. The highest BCUT2D eigenvalue weighted by Crippen LogP contribution is 2.21. The van der Waals surface area contributed by atoms with E-state index >= 15 is 0 Å². The largest absolute Gasteiger partial charge is 0.326 e. The number of benzene rings is 1. The van der Waals surface area contributed by atoms with Gasteiger partial charge in [-0.2, -0.15) is 5.10 Å². The van der Waals surface area contributed by atoms with E-state index in [0.717, 1.165) is 28.7 Å². The molecule has 4 rings (SSSR count). The number of H-pyrrole nitrogens is 2. The Morgan fingerprint density at radius 1 is 1.25 bits per heavy atom. The molecule has 0 amide bonds. The fourth-order valence-corrected chi connectivity index (χ4v) is 2.18. The van der Waals surface area contributed by atoms with Crippen LogP contribution in [0.4, 0.5) is 0 Å². The van der Waals surface area contributed by atoms with Crippen LogP contribution in [0, 0.1) is 0 Å². The third kappa shape index (κ3) is 1.74. The summed E-state index contributed by atoms with van der Waals surface area (Å²) in [5.41, 5.74) is 3.98. The Morgan fingerprint density at radius 3 is 3.05 bits per heavy atom. The van der Waals surface area contributed by atoms with Crippen molar-refractivity contribution >= 4 is 11.0 Å². The number of imidazole rings is 1.